The smallest absolute Gasteiger partial charge is 0.00152 e. The Kier molecular flexibility index (Phi) is 3.72. The quantitative estimate of drug-likeness (QED) is 0.335. The number of rotatable bonds is 0. The van der Waals surface area contributed by atoms with Crippen LogP contribution in [0.2, 0.25) is 0 Å². The van der Waals surface area contributed by atoms with Gasteiger partial charge in [0.2, 0.25) is 0 Å². The molecule has 4 aromatic rings. The van der Waals surface area contributed by atoms with E-state index in [0.29, 0.717) is 0 Å². The second-order valence-corrected chi connectivity index (χ2v) is 7.81. The Balaban J connectivity index is 2.42. The molecule has 0 bridgehead atoms. The molecule has 4 unspecified atom stereocenters. The summed E-state index contributed by atoms with van der Waals surface area (Å²) in [5.74, 6) is 0. The van der Waals surface area contributed by atoms with Crippen LogP contribution in [0.4, 0.5) is 0 Å². The first-order chi connectivity index (χ1) is 10.6. The van der Waals surface area contributed by atoms with Gasteiger partial charge in [0, 0.05) is 0 Å². The minimum Gasteiger partial charge on any atom is -0.104 e. The Morgan fingerprint density at radius 2 is 0.636 bits per heavy atom. The van der Waals surface area contributed by atoms with Crippen molar-refractivity contribution in [2.24, 2.45) is 0 Å². The lowest BCUT2D eigenvalue weighted by atomic mass is 9.99. The van der Waals surface area contributed by atoms with Crippen LogP contribution in [0.1, 0.15) is 0 Å². The fraction of sp³-hybridized carbons (Fsp3) is 0. The van der Waals surface area contributed by atoms with E-state index in [0.717, 1.165) is 0 Å². The summed E-state index contributed by atoms with van der Waals surface area (Å²) < 4.78 is 0. The number of hydrogen-bond acceptors (Lipinski definition) is 0. The molecular weight excluding hydrogens is 340 g/mol. The minimum atomic E-state index is 1.27. The van der Waals surface area contributed by atoms with Crippen molar-refractivity contribution in [2.75, 3.05) is 0 Å². The molecular formula is C18H16P4. The van der Waals surface area contributed by atoms with Crippen LogP contribution in [0.3, 0.4) is 0 Å². The van der Waals surface area contributed by atoms with Gasteiger partial charge in [0.05, 0.1) is 0 Å². The monoisotopic (exact) mass is 356 g/mol. The average molecular weight is 356 g/mol. The molecule has 0 radical (unpaired) electrons. The Labute approximate surface area is 139 Å². The van der Waals surface area contributed by atoms with E-state index < -0.39 is 0 Å². The molecule has 22 heavy (non-hydrogen) atoms. The van der Waals surface area contributed by atoms with E-state index in [9.17, 15) is 0 Å². The fourth-order valence-electron chi connectivity index (χ4n) is 3.27. The summed E-state index contributed by atoms with van der Waals surface area (Å²) in [7, 11) is 11.8. The second-order valence-electron chi connectivity index (χ2n) is 5.50. The molecule has 0 aliphatic carbocycles. The molecule has 4 aromatic carbocycles. The first-order valence-electron chi connectivity index (χ1n) is 7.06. The Morgan fingerprint density at radius 1 is 0.409 bits per heavy atom. The topological polar surface area (TPSA) is 0 Å². The highest BCUT2D eigenvalue weighted by Crippen LogP contribution is 2.27. The van der Waals surface area contributed by atoms with E-state index in [1.165, 1.54) is 53.5 Å². The first-order valence-corrected chi connectivity index (χ1v) is 9.37. The standard InChI is InChI=1S/C18H16P4/c19-15-9-5-1-2-6-10(9)16(20)14-13(15)17(21)11-7-3-4-8-12(11)18(14)22/h1-8H,19-22H2. The molecule has 0 aliphatic rings. The van der Waals surface area contributed by atoms with Gasteiger partial charge in [0.1, 0.15) is 0 Å². The summed E-state index contributed by atoms with van der Waals surface area (Å²) >= 11 is 0. The van der Waals surface area contributed by atoms with Crippen molar-refractivity contribution >= 4 is 90.5 Å². The zero-order chi connectivity index (χ0) is 15.4. The zero-order valence-corrected chi connectivity index (χ0v) is 16.5. The summed E-state index contributed by atoms with van der Waals surface area (Å²) in [4.78, 5) is 0. The lowest BCUT2D eigenvalue weighted by Gasteiger charge is -2.18. The maximum Gasteiger partial charge on any atom is -0.00152 e. The van der Waals surface area contributed by atoms with E-state index in [2.05, 4.69) is 85.5 Å². The molecule has 0 fully saturated rings. The van der Waals surface area contributed by atoms with Crippen LogP contribution in [0.25, 0.3) is 32.3 Å². The molecule has 0 heterocycles. The van der Waals surface area contributed by atoms with Gasteiger partial charge in [-0.2, -0.15) is 0 Å². The van der Waals surface area contributed by atoms with Crippen molar-refractivity contribution < 1.29 is 0 Å². The maximum atomic E-state index is 2.96. The number of benzene rings is 4. The normalized spacial score (nSPS) is 11.6. The Hall–Kier alpha value is -0.620. The van der Waals surface area contributed by atoms with E-state index in [-0.39, 0.29) is 0 Å². The summed E-state index contributed by atoms with van der Waals surface area (Å²) in [6.45, 7) is 0. The molecule has 108 valence electrons. The highest BCUT2D eigenvalue weighted by atomic mass is 31.0. The minimum absolute atomic E-state index is 1.27. The SMILES string of the molecule is Pc1c2ccccc2c(P)c2c(P)c3ccccc3c(P)c12. The summed E-state index contributed by atoms with van der Waals surface area (Å²) in [6, 6.07) is 17.2. The van der Waals surface area contributed by atoms with E-state index in [1.54, 1.807) is 0 Å². The lowest BCUT2D eigenvalue weighted by Crippen LogP contribution is -2.18. The molecule has 4 atom stereocenters. The predicted molar refractivity (Wildman–Crippen MR) is 116 cm³/mol. The number of hydrogen-bond donors (Lipinski definition) is 0. The van der Waals surface area contributed by atoms with Crippen molar-refractivity contribution in [3.63, 3.8) is 0 Å². The third kappa shape index (κ3) is 1.99. The zero-order valence-electron chi connectivity index (χ0n) is 11.9. The van der Waals surface area contributed by atoms with E-state index in [4.69, 9.17) is 0 Å². The third-order valence-electron chi connectivity index (χ3n) is 4.34. The molecule has 0 nitrogen and oxygen atoms in total. The highest BCUT2D eigenvalue weighted by Gasteiger charge is 2.16. The van der Waals surface area contributed by atoms with Crippen LogP contribution in [0.15, 0.2) is 48.5 Å². The average Bonchev–Trinajstić information content (AvgIpc) is 2.56. The molecule has 0 amide bonds. The summed E-state index contributed by atoms with van der Waals surface area (Å²) in [5, 5.41) is 12.9. The van der Waals surface area contributed by atoms with Gasteiger partial charge >= 0.3 is 0 Å². The molecule has 0 aliphatic heterocycles. The van der Waals surface area contributed by atoms with Crippen molar-refractivity contribution in [3.8, 4) is 0 Å². The molecule has 0 saturated heterocycles. The van der Waals surface area contributed by atoms with Crippen LogP contribution in [0.5, 0.6) is 0 Å². The van der Waals surface area contributed by atoms with E-state index in [1.807, 2.05) is 0 Å². The van der Waals surface area contributed by atoms with Crippen LogP contribution in [-0.2, 0) is 0 Å². The first kappa shape index (κ1) is 14.9. The summed E-state index contributed by atoms with van der Waals surface area (Å²) in [6.07, 6.45) is 0. The Bertz CT molecular complexity index is 899. The largest absolute Gasteiger partial charge is 0.104 e. The number of fused-ring (bicyclic) bond motifs is 3. The van der Waals surface area contributed by atoms with Gasteiger partial charge in [-0.3, -0.25) is 0 Å². The van der Waals surface area contributed by atoms with Crippen LogP contribution < -0.4 is 21.2 Å². The fourth-order valence-corrected chi connectivity index (χ4v) is 5.81. The molecule has 4 heteroatoms. The molecule has 0 aromatic heterocycles. The van der Waals surface area contributed by atoms with E-state index >= 15 is 0 Å². The maximum absolute atomic E-state index is 2.96. The van der Waals surface area contributed by atoms with Crippen molar-refractivity contribution in [2.45, 2.75) is 0 Å². The van der Waals surface area contributed by atoms with Crippen LogP contribution in [-0.4, -0.2) is 0 Å². The molecule has 0 saturated carbocycles. The van der Waals surface area contributed by atoms with Gasteiger partial charge in [-0.05, 0) is 53.5 Å². The van der Waals surface area contributed by atoms with Gasteiger partial charge in [-0.25, -0.2) is 0 Å². The third-order valence-corrected chi connectivity index (χ3v) is 6.74. The Morgan fingerprint density at radius 3 is 0.864 bits per heavy atom. The van der Waals surface area contributed by atoms with Crippen molar-refractivity contribution in [3.05, 3.63) is 48.5 Å². The van der Waals surface area contributed by atoms with Crippen molar-refractivity contribution in [1.29, 1.82) is 0 Å². The van der Waals surface area contributed by atoms with Crippen LogP contribution in [0, 0.1) is 0 Å². The van der Waals surface area contributed by atoms with Gasteiger partial charge in [0.25, 0.3) is 0 Å². The second kappa shape index (κ2) is 5.48. The van der Waals surface area contributed by atoms with Gasteiger partial charge in [-0.15, -0.1) is 37.0 Å². The van der Waals surface area contributed by atoms with Gasteiger partial charge < -0.3 is 0 Å². The van der Waals surface area contributed by atoms with Crippen molar-refractivity contribution in [1.82, 2.24) is 0 Å². The summed E-state index contributed by atoms with van der Waals surface area (Å²) in [5.41, 5.74) is 0. The van der Waals surface area contributed by atoms with Crippen LogP contribution >= 0.6 is 37.0 Å². The highest BCUT2D eigenvalue weighted by molar-refractivity contribution is 7.35. The van der Waals surface area contributed by atoms with Gasteiger partial charge in [0.15, 0.2) is 0 Å². The lowest BCUT2D eigenvalue weighted by molar-refractivity contribution is 1.83. The molecule has 0 N–H and O–H groups in total. The van der Waals surface area contributed by atoms with Gasteiger partial charge in [-0.1, -0.05) is 48.5 Å². The molecule has 4 rings (SSSR count). The molecule has 0 spiro atoms. The predicted octanol–water partition coefficient (Wildman–Crippen LogP) is 3.15.